The average Bonchev–Trinajstić information content (AvgIpc) is 3.21. The largest absolute Gasteiger partial charge is 0.452 e. The van der Waals surface area contributed by atoms with Crippen molar-refractivity contribution < 1.29 is 4.74 Å². The molecule has 0 bridgehead atoms. The number of rotatable bonds is 5. The zero-order chi connectivity index (χ0) is 35.7. The van der Waals surface area contributed by atoms with Crippen LogP contribution in [0.1, 0.15) is 53.1 Å². The maximum atomic E-state index is 7.51. The Balaban J connectivity index is 1.28. The molecule has 0 N–H and O–H groups in total. The Bertz CT molecular complexity index is 2690. The summed E-state index contributed by atoms with van der Waals surface area (Å²) in [6.07, 6.45) is 0. The molecule has 1 atom stereocenters. The van der Waals surface area contributed by atoms with Crippen LogP contribution in [0.3, 0.4) is 0 Å². The van der Waals surface area contributed by atoms with Crippen LogP contribution in [0.4, 0.5) is 17.1 Å². The summed E-state index contributed by atoms with van der Waals surface area (Å²) >= 11 is 0. The molecule has 8 aromatic rings. The molecule has 0 aromatic heterocycles. The lowest BCUT2D eigenvalue weighted by Gasteiger charge is -2.46. The summed E-state index contributed by atoms with van der Waals surface area (Å²) < 4.78 is 7.51. The third-order valence-corrected chi connectivity index (χ3v) is 11.5. The average molecular weight is 682 g/mol. The molecule has 2 nitrogen and oxygen atoms in total. The molecule has 0 saturated carbocycles. The summed E-state index contributed by atoms with van der Waals surface area (Å²) in [4.78, 5) is 2.51. The van der Waals surface area contributed by atoms with Crippen LogP contribution in [0.15, 0.2) is 176 Å². The molecule has 0 spiro atoms. The Hall–Kier alpha value is -6.38. The molecule has 0 fully saturated rings. The smallest absolute Gasteiger partial charge is 0.159 e. The van der Waals surface area contributed by atoms with Crippen LogP contribution in [0, 0.1) is 6.92 Å². The van der Waals surface area contributed by atoms with E-state index < -0.39 is 0 Å². The molecule has 53 heavy (non-hydrogen) atoms. The van der Waals surface area contributed by atoms with Gasteiger partial charge in [0.1, 0.15) is 0 Å². The molecule has 8 aromatic carbocycles. The monoisotopic (exact) mass is 681 g/mol. The van der Waals surface area contributed by atoms with Crippen molar-refractivity contribution in [2.45, 2.75) is 32.1 Å². The van der Waals surface area contributed by atoms with Crippen molar-refractivity contribution in [2.75, 3.05) is 4.90 Å². The van der Waals surface area contributed by atoms with Crippen molar-refractivity contribution in [3.63, 3.8) is 0 Å². The van der Waals surface area contributed by atoms with Crippen molar-refractivity contribution in [1.29, 1.82) is 0 Å². The van der Waals surface area contributed by atoms with Crippen LogP contribution in [0.5, 0.6) is 11.5 Å². The predicted octanol–water partition coefficient (Wildman–Crippen LogP) is 13.9. The summed E-state index contributed by atoms with van der Waals surface area (Å²) in [5, 5.41) is 2.46. The zero-order valence-corrected chi connectivity index (χ0v) is 30.2. The lowest BCUT2D eigenvalue weighted by Crippen LogP contribution is -2.33. The molecule has 0 radical (unpaired) electrons. The van der Waals surface area contributed by atoms with E-state index in [-0.39, 0.29) is 11.3 Å². The van der Waals surface area contributed by atoms with Crippen LogP contribution >= 0.6 is 0 Å². The minimum absolute atomic E-state index is 0.0998. The van der Waals surface area contributed by atoms with Crippen molar-refractivity contribution >= 4 is 27.8 Å². The Morgan fingerprint density at radius 2 is 1.17 bits per heavy atom. The first kappa shape index (κ1) is 31.4. The number of aryl methyl sites for hydroxylation is 1. The highest BCUT2D eigenvalue weighted by Crippen LogP contribution is 2.63. The van der Waals surface area contributed by atoms with Gasteiger partial charge in [0.05, 0.1) is 17.1 Å². The topological polar surface area (TPSA) is 12.5 Å². The number of ether oxygens (including phenoxy) is 1. The van der Waals surface area contributed by atoms with E-state index in [4.69, 9.17) is 4.74 Å². The summed E-state index contributed by atoms with van der Waals surface area (Å²) in [7, 11) is 0. The maximum absolute atomic E-state index is 7.51. The van der Waals surface area contributed by atoms with Crippen LogP contribution < -0.4 is 9.64 Å². The quantitative estimate of drug-likeness (QED) is 0.168. The fourth-order valence-electron chi connectivity index (χ4n) is 8.81. The van der Waals surface area contributed by atoms with Gasteiger partial charge in [-0.3, -0.25) is 0 Å². The molecule has 1 unspecified atom stereocenters. The number of fused-ring (bicyclic) bond motifs is 5. The minimum Gasteiger partial charge on any atom is -0.452 e. The molecular weight excluding hydrogens is 643 g/mol. The van der Waals surface area contributed by atoms with Gasteiger partial charge in [-0.25, -0.2) is 0 Å². The lowest BCUT2D eigenvalue weighted by molar-refractivity contribution is 0.465. The van der Waals surface area contributed by atoms with E-state index >= 15 is 0 Å². The van der Waals surface area contributed by atoms with Crippen LogP contribution in [0.25, 0.3) is 33.0 Å². The fraction of sp³-hybridized carbons (Fsp3) is 0.0980. The SMILES string of the molecule is Cc1ccc(-c2ccccc2)c2c1N1c3ccccc3C(C)(C)c3ccc(C(c4cccc(-c5ccccc5)c4)c4ccc5ccccc5c4)c(c31)O2. The molecule has 0 saturated heterocycles. The first-order valence-corrected chi connectivity index (χ1v) is 18.6. The van der Waals surface area contributed by atoms with Gasteiger partial charge in [-0.2, -0.15) is 0 Å². The van der Waals surface area contributed by atoms with Gasteiger partial charge in [0.25, 0.3) is 0 Å². The fourth-order valence-corrected chi connectivity index (χ4v) is 8.81. The van der Waals surface area contributed by atoms with Crippen LogP contribution in [-0.4, -0.2) is 0 Å². The predicted molar refractivity (Wildman–Crippen MR) is 220 cm³/mol. The lowest BCUT2D eigenvalue weighted by atomic mass is 9.71. The van der Waals surface area contributed by atoms with Crippen LogP contribution in [-0.2, 0) is 5.41 Å². The van der Waals surface area contributed by atoms with E-state index in [1.165, 1.54) is 55.4 Å². The van der Waals surface area contributed by atoms with Gasteiger partial charge in [0.15, 0.2) is 11.5 Å². The molecular formula is C51H39NO. The maximum Gasteiger partial charge on any atom is 0.159 e. The number of nitrogens with zero attached hydrogens (tertiary/aromatic N) is 1. The van der Waals surface area contributed by atoms with Gasteiger partial charge >= 0.3 is 0 Å². The molecule has 0 amide bonds. The van der Waals surface area contributed by atoms with E-state index in [1.54, 1.807) is 0 Å². The van der Waals surface area contributed by atoms with Crippen molar-refractivity contribution in [2.24, 2.45) is 0 Å². The Labute approximate surface area is 311 Å². The summed E-state index contributed by atoms with van der Waals surface area (Å²) in [5.41, 5.74) is 15.2. The van der Waals surface area contributed by atoms with Crippen molar-refractivity contribution in [1.82, 2.24) is 0 Å². The molecule has 254 valence electrons. The van der Waals surface area contributed by atoms with Crippen molar-refractivity contribution in [3.05, 3.63) is 209 Å². The number of para-hydroxylation sites is 1. The Morgan fingerprint density at radius 1 is 0.491 bits per heavy atom. The van der Waals surface area contributed by atoms with Gasteiger partial charge in [-0.05, 0) is 68.3 Å². The number of anilines is 3. The normalized spacial score (nSPS) is 14.1. The number of hydrogen-bond donors (Lipinski definition) is 0. The molecule has 0 aliphatic carbocycles. The van der Waals surface area contributed by atoms with E-state index in [0.29, 0.717) is 0 Å². The zero-order valence-electron chi connectivity index (χ0n) is 30.2. The molecule has 2 heterocycles. The van der Waals surface area contributed by atoms with Gasteiger partial charge < -0.3 is 9.64 Å². The van der Waals surface area contributed by atoms with Gasteiger partial charge in [0, 0.05) is 22.5 Å². The second-order valence-corrected chi connectivity index (χ2v) is 15.0. The minimum atomic E-state index is -0.243. The standard InChI is InChI=1S/C51H39NO/c1-33-25-28-41(36-18-8-5-9-19-36)49-47(33)52-45-24-13-12-23-43(45)51(2,3)44-30-29-42(50(53-49)48(44)52)46(40-27-26-35-17-10-11-20-37(35)32-40)39-22-14-21-38(31-39)34-15-6-4-7-16-34/h4-32,46H,1-3H3. The molecule has 2 aliphatic rings. The molecule has 10 rings (SSSR count). The number of hydrogen-bond acceptors (Lipinski definition) is 2. The van der Waals surface area contributed by atoms with Crippen LogP contribution in [0.2, 0.25) is 0 Å². The van der Waals surface area contributed by atoms with Gasteiger partial charge in [0.2, 0.25) is 0 Å². The molecule has 2 aliphatic heterocycles. The second kappa shape index (κ2) is 12.1. The summed E-state index contributed by atoms with van der Waals surface area (Å²) in [5.74, 6) is 1.72. The van der Waals surface area contributed by atoms with Gasteiger partial charge in [-0.15, -0.1) is 0 Å². The first-order chi connectivity index (χ1) is 26.0. The third-order valence-electron chi connectivity index (χ3n) is 11.5. The van der Waals surface area contributed by atoms with E-state index in [2.05, 4.69) is 202 Å². The van der Waals surface area contributed by atoms with Crippen molar-refractivity contribution in [3.8, 4) is 33.8 Å². The van der Waals surface area contributed by atoms with E-state index in [0.717, 1.165) is 39.6 Å². The van der Waals surface area contributed by atoms with E-state index in [1.807, 2.05) is 0 Å². The molecule has 2 heteroatoms. The summed E-state index contributed by atoms with van der Waals surface area (Å²) in [6.45, 7) is 6.91. The number of benzene rings is 8. The second-order valence-electron chi connectivity index (χ2n) is 15.0. The van der Waals surface area contributed by atoms with Gasteiger partial charge in [-0.1, -0.05) is 184 Å². The Morgan fingerprint density at radius 3 is 1.98 bits per heavy atom. The highest BCUT2D eigenvalue weighted by Gasteiger charge is 2.44. The highest BCUT2D eigenvalue weighted by molar-refractivity contribution is 5.98. The first-order valence-electron chi connectivity index (χ1n) is 18.6. The Kier molecular flexibility index (Phi) is 7.16. The third kappa shape index (κ3) is 4.94. The summed E-state index contributed by atoms with van der Waals surface area (Å²) in [6, 6.07) is 64.1. The highest BCUT2D eigenvalue weighted by atomic mass is 16.5. The van der Waals surface area contributed by atoms with E-state index in [9.17, 15) is 0 Å².